The summed E-state index contributed by atoms with van der Waals surface area (Å²) in [5.41, 5.74) is 6.41. The van der Waals surface area contributed by atoms with Crippen LogP contribution in [-0.4, -0.2) is 53.4 Å². The minimum Gasteiger partial charge on any atom is -0.489 e. The summed E-state index contributed by atoms with van der Waals surface area (Å²) in [6.07, 6.45) is 0. The quantitative estimate of drug-likeness (QED) is 0.228. The molecule has 39 heavy (non-hydrogen) atoms. The van der Waals surface area contributed by atoms with Gasteiger partial charge in [0.25, 0.3) is 0 Å². The van der Waals surface area contributed by atoms with E-state index in [0.717, 1.165) is 83.3 Å². The summed E-state index contributed by atoms with van der Waals surface area (Å²) < 4.78 is 14.9. The lowest BCUT2D eigenvalue weighted by Crippen LogP contribution is -2.38. The first-order chi connectivity index (χ1) is 19.2. The van der Waals surface area contributed by atoms with Crippen molar-refractivity contribution in [1.82, 2.24) is 9.47 Å². The first kappa shape index (κ1) is 25.4. The lowest BCUT2D eigenvalue weighted by atomic mass is 10.0. The number of aromatic nitrogens is 1. The third kappa shape index (κ3) is 5.47. The van der Waals surface area contributed by atoms with Crippen LogP contribution in [-0.2, 0) is 17.9 Å². The van der Waals surface area contributed by atoms with Crippen LogP contribution in [0.1, 0.15) is 15.2 Å². The molecule has 1 saturated heterocycles. The molecule has 0 radical (unpaired) electrons. The fourth-order valence-corrected chi connectivity index (χ4v) is 6.22. The molecule has 0 amide bonds. The van der Waals surface area contributed by atoms with Gasteiger partial charge in [0.15, 0.2) is 0 Å². The second-order valence-corrected chi connectivity index (χ2v) is 10.7. The maximum Gasteiger partial charge on any atom is 0.345 e. The molecule has 1 aliphatic heterocycles. The highest BCUT2D eigenvalue weighted by molar-refractivity contribution is 7.21. The van der Waals surface area contributed by atoms with E-state index in [2.05, 4.69) is 45.9 Å². The van der Waals surface area contributed by atoms with Crippen molar-refractivity contribution >= 4 is 27.5 Å². The Balaban J connectivity index is 1.41. The second kappa shape index (κ2) is 11.5. The zero-order valence-corrected chi connectivity index (χ0v) is 22.4. The predicted octanol–water partition coefficient (Wildman–Crippen LogP) is 6.65. The summed E-state index contributed by atoms with van der Waals surface area (Å²) in [5, 5.41) is 9.81. The van der Waals surface area contributed by atoms with Gasteiger partial charge in [-0.3, -0.25) is 4.90 Å². The average Bonchev–Trinajstić information content (AvgIpc) is 3.55. The number of ether oxygens (including phenoxy) is 2. The van der Waals surface area contributed by atoms with Gasteiger partial charge in [0, 0.05) is 31.7 Å². The highest BCUT2D eigenvalue weighted by atomic mass is 32.1. The summed E-state index contributed by atoms with van der Waals surface area (Å²) in [6, 6.07) is 30.5. The number of thiophene rings is 1. The molecular formula is C32H30N2O4S. The summed E-state index contributed by atoms with van der Waals surface area (Å²) >= 11 is 1.35. The molecule has 0 bridgehead atoms. The van der Waals surface area contributed by atoms with Gasteiger partial charge >= 0.3 is 5.97 Å². The van der Waals surface area contributed by atoms with E-state index < -0.39 is 5.97 Å². The monoisotopic (exact) mass is 538 g/mol. The molecule has 5 aromatic rings. The van der Waals surface area contributed by atoms with E-state index in [9.17, 15) is 9.90 Å². The molecule has 0 saturated carbocycles. The maximum absolute atomic E-state index is 12.0. The molecule has 0 unspecified atom stereocenters. The normalized spacial score (nSPS) is 14.1. The van der Waals surface area contributed by atoms with Crippen LogP contribution in [0.25, 0.3) is 32.6 Å². The van der Waals surface area contributed by atoms with Crippen molar-refractivity contribution < 1.29 is 19.4 Å². The fourth-order valence-electron chi connectivity index (χ4n) is 5.15. The first-order valence-electron chi connectivity index (χ1n) is 13.2. The SMILES string of the molecule is O=C(O)c1cc2c(s1)c(-c1ccccc1)c(-c1ccc(OCc3ccccc3)cc1)n2CCN1CCOCC1. The van der Waals surface area contributed by atoms with Gasteiger partial charge in [-0.05, 0) is 47.0 Å². The topological polar surface area (TPSA) is 63.9 Å². The highest BCUT2D eigenvalue weighted by Gasteiger charge is 2.24. The largest absolute Gasteiger partial charge is 0.489 e. The van der Waals surface area contributed by atoms with Crippen molar-refractivity contribution in [3.63, 3.8) is 0 Å². The molecule has 3 heterocycles. The molecule has 6 nitrogen and oxygen atoms in total. The number of nitrogens with zero attached hydrogens (tertiary/aromatic N) is 2. The number of aromatic carboxylic acids is 1. The van der Waals surface area contributed by atoms with E-state index in [1.54, 1.807) is 0 Å². The van der Waals surface area contributed by atoms with Crippen LogP contribution in [0.15, 0.2) is 91.0 Å². The van der Waals surface area contributed by atoms with E-state index in [1.807, 2.05) is 54.6 Å². The average molecular weight is 539 g/mol. The smallest absolute Gasteiger partial charge is 0.345 e. The third-order valence-corrected chi connectivity index (χ3v) is 8.26. The molecule has 3 aromatic carbocycles. The van der Waals surface area contributed by atoms with Crippen LogP contribution in [0.2, 0.25) is 0 Å². The number of morpholine rings is 1. The first-order valence-corrected chi connectivity index (χ1v) is 14.0. The standard InChI is InChI=1S/C32H30N2O4S/c35-32(36)28-21-27-31(39-28)29(24-9-5-2-6-10-24)30(34(27)16-15-33-17-19-37-20-18-33)25-11-13-26(14-12-25)38-22-23-7-3-1-4-8-23/h1-14,21H,15-20,22H2,(H,35,36). The number of hydrogen-bond acceptors (Lipinski definition) is 5. The van der Waals surface area contributed by atoms with E-state index >= 15 is 0 Å². The Kier molecular flexibility index (Phi) is 7.45. The Morgan fingerprint density at radius 1 is 0.872 bits per heavy atom. The van der Waals surface area contributed by atoms with Crippen molar-refractivity contribution in [2.45, 2.75) is 13.2 Å². The summed E-state index contributed by atoms with van der Waals surface area (Å²) in [6.45, 7) is 5.43. The van der Waals surface area contributed by atoms with E-state index in [1.165, 1.54) is 11.3 Å². The van der Waals surface area contributed by atoms with Crippen molar-refractivity contribution in [2.24, 2.45) is 0 Å². The van der Waals surface area contributed by atoms with Gasteiger partial charge in [0.05, 0.1) is 29.1 Å². The predicted molar refractivity (Wildman–Crippen MR) is 156 cm³/mol. The number of fused-ring (bicyclic) bond motifs is 1. The van der Waals surface area contributed by atoms with Crippen LogP contribution < -0.4 is 4.74 Å². The lowest BCUT2D eigenvalue weighted by molar-refractivity contribution is 0.0366. The zero-order chi connectivity index (χ0) is 26.6. The Morgan fingerprint density at radius 3 is 2.26 bits per heavy atom. The molecule has 6 rings (SSSR count). The molecule has 1 fully saturated rings. The van der Waals surface area contributed by atoms with Gasteiger partial charge in [0.2, 0.25) is 0 Å². The van der Waals surface area contributed by atoms with E-state index in [4.69, 9.17) is 9.47 Å². The molecule has 0 spiro atoms. The number of carboxylic acid groups (broad SMARTS) is 1. The second-order valence-electron chi connectivity index (χ2n) is 9.62. The van der Waals surface area contributed by atoms with Crippen molar-refractivity contribution in [2.75, 3.05) is 32.8 Å². The maximum atomic E-state index is 12.0. The Morgan fingerprint density at radius 2 is 1.56 bits per heavy atom. The number of hydrogen-bond donors (Lipinski definition) is 1. The lowest BCUT2D eigenvalue weighted by Gasteiger charge is -2.27. The van der Waals surface area contributed by atoms with Gasteiger partial charge < -0.3 is 19.1 Å². The van der Waals surface area contributed by atoms with Crippen molar-refractivity contribution in [1.29, 1.82) is 0 Å². The van der Waals surface area contributed by atoms with Crippen LogP contribution >= 0.6 is 11.3 Å². The Bertz CT molecular complexity index is 1550. The van der Waals surface area contributed by atoms with Crippen LogP contribution in [0.3, 0.4) is 0 Å². The Hall–Kier alpha value is -3.91. The molecule has 1 N–H and O–H groups in total. The van der Waals surface area contributed by atoms with E-state index in [-0.39, 0.29) is 0 Å². The highest BCUT2D eigenvalue weighted by Crippen LogP contribution is 2.45. The third-order valence-electron chi connectivity index (χ3n) is 7.13. The molecule has 198 valence electrons. The summed E-state index contributed by atoms with van der Waals surface area (Å²) in [5.74, 6) is -0.0818. The van der Waals surface area contributed by atoms with Gasteiger partial charge in [-0.25, -0.2) is 4.79 Å². The fraction of sp³-hybridized carbons (Fsp3) is 0.219. The molecule has 1 aliphatic rings. The minimum absolute atomic E-state index is 0.355. The van der Waals surface area contributed by atoms with Gasteiger partial charge in [-0.2, -0.15) is 0 Å². The number of carbonyl (C=O) groups is 1. The van der Waals surface area contributed by atoms with Crippen LogP contribution in [0.4, 0.5) is 0 Å². The number of carboxylic acids is 1. The molecule has 0 atom stereocenters. The van der Waals surface area contributed by atoms with Crippen molar-refractivity contribution in [3.05, 3.63) is 101 Å². The van der Waals surface area contributed by atoms with Crippen molar-refractivity contribution in [3.8, 4) is 28.1 Å². The van der Waals surface area contributed by atoms with Crippen LogP contribution in [0.5, 0.6) is 5.75 Å². The van der Waals surface area contributed by atoms with Gasteiger partial charge in [0.1, 0.15) is 17.2 Å². The molecule has 0 aliphatic carbocycles. The van der Waals surface area contributed by atoms with E-state index in [0.29, 0.717) is 11.5 Å². The summed E-state index contributed by atoms with van der Waals surface area (Å²) in [7, 11) is 0. The number of rotatable bonds is 9. The van der Waals surface area contributed by atoms with Crippen LogP contribution in [0, 0.1) is 0 Å². The zero-order valence-electron chi connectivity index (χ0n) is 21.6. The number of benzene rings is 3. The summed E-state index contributed by atoms with van der Waals surface area (Å²) in [4.78, 5) is 14.7. The van der Waals surface area contributed by atoms with Gasteiger partial charge in [-0.15, -0.1) is 11.3 Å². The minimum atomic E-state index is -0.892. The molecule has 7 heteroatoms. The van der Waals surface area contributed by atoms with Gasteiger partial charge in [-0.1, -0.05) is 60.7 Å². The Labute approximate surface area is 231 Å². The molecule has 2 aromatic heterocycles. The molecular weight excluding hydrogens is 508 g/mol.